The highest BCUT2D eigenvalue weighted by Gasteiger charge is 2.18. The quantitative estimate of drug-likeness (QED) is 0.854. The SMILES string of the molecule is C=C(/C(=C1/C=CC=CN1N)c1ccc(=O)[nH]n1)c1ccccc1. The lowest BCUT2D eigenvalue weighted by Crippen LogP contribution is -2.26. The van der Waals surface area contributed by atoms with Crippen molar-refractivity contribution in [1.29, 1.82) is 0 Å². The zero-order chi connectivity index (χ0) is 16.2. The number of rotatable bonds is 3. The summed E-state index contributed by atoms with van der Waals surface area (Å²) >= 11 is 0. The van der Waals surface area contributed by atoms with Crippen molar-refractivity contribution in [2.24, 2.45) is 5.84 Å². The Kier molecular flexibility index (Phi) is 4.03. The normalized spacial score (nSPS) is 15.6. The van der Waals surface area contributed by atoms with Gasteiger partial charge in [0.15, 0.2) is 0 Å². The number of hydrogen-bond donors (Lipinski definition) is 2. The summed E-state index contributed by atoms with van der Waals surface area (Å²) < 4.78 is 0. The number of hydrogen-bond acceptors (Lipinski definition) is 4. The van der Waals surface area contributed by atoms with E-state index >= 15 is 0 Å². The van der Waals surface area contributed by atoms with Crippen molar-refractivity contribution in [3.05, 3.63) is 101 Å². The number of nitrogens with two attached hydrogens (primary N) is 1. The zero-order valence-corrected chi connectivity index (χ0v) is 12.4. The molecule has 5 heteroatoms. The minimum Gasteiger partial charge on any atom is -0.286 e. The minimum atomic E-state index is -0.257. The van der Waals surface area contributed by atoms with Crippen LogP contribution in [0.2, 0.25) is 0 Å². The number of benzene rings is 1. The smallest absolute Gasteiger partial charge is 0.264 e. The molecule has 0 aliphatic carbocycles. The molecule has 1 aliphatic heterocycles. The fourth-order valence-electron chi connectivity index (χ4n) is 2.38. The number of nitrogens with one attached hydrogen (secondary N) is 1. The lowest BCUT2D eigenvalue weighted by atomic mass is 9.94. The maximum absolute atomic E-state index is 11.3. The molecule has 23 heavy (non-hydrogen) atoms. The molecule has 1 aromatic carbocycles. The van der Waals surface area contributed by atoms with E-state index < -0.39 is 0 Å². The van der Waals surface area contributed by atoms with Crippen molar-refractivity contribution in [3.63, 3.8) is 0 Å². The van der Waals surface area contributed by atoms with Gasteiger partial charge in [-0.15, -0.1) is 0 Å². The van der Waals surface area contributed by atoms with Gasteiger partial charge in [0.1, 0.15) is 0 Å². The van der Waals surface area contributed by atoms with E-state index in [-0.39, 0.29) is 5.56 Å². The first-order valence-electron chi connectivity index (χ1n) is 7.10. The summed E-state index contributed by atoms with van der Waals surface area (Å²) in [6, 6.07) is 12.9. The van der Waals surface area contributed by atoms with E-state index in [1.54, 1.807) is 12.3 Å². The summed E-state index contributed by atoms with van der Waals surface area (Å²) in [6.45, 7) is 4.20. The van der Waals surface area contributed by atoms with E-state index in [1.807, 2.05) is 48.6 Å². The fourth-order valence-corrected chi connectivity index (χ4v) is 2.38. The second-order valence-corrected chi connectivity index (χ2v) is 5.02. The van der Waals surface area contributed by atoms with Crippen LogP contribution in [0.15, 0.2) is 84.0 Å². The average molecular weight is 304 g/mol. The topological polar surface area (TPSA) is 75.0 Å². The molecular formula is C18H16N4O. The summed E-state index contributed by atoms with van der Waals surface area (Å²) in [5.41, 5.74) is 3.59. The van der Waals surface area contributed by atoms with Crippen LogP contribution in [0.25, 0.3) is 11.1 Å². The second-order valence-electron chi connectivity index (χ2n) is 5.02. The van der Waals surface area contributed by atoms with Crippen LogP contribution >= 0.6 is 0 Å². The first-order chi connectivity index (χ1) is 11.2. The van der Waals surface area contributed by atoms with Crippen molar-refractivity contribution in [3.8, 4) is 0 Å². The molecule has 0 bridgehead atoms. The molecule has 3 rings (SSSR count). The van der Waals surface area contributed by atoms with Crippen LogP contribution < -0.4 is 11.4 Å². The predicted molar refractivity (Wildman–Crippen MR) is 91.6 cm³/mol. The van der Waals surface area contributed by atoms with Crippen molar-refractivity contribution < 1.29 is 0 Å². The molecule has 0 spiro atoms. The molecule has 0 amide bonds. The van der Waals surface area contributed by atoms with Gasteiger partial charge >= 0.3 is 0 Å². The monoisotopic (exact) mass is 304 g/mol. The Labute approximate surface area is 133 Å². The Bertz CT molecular complexity index is 855. The maximum Gasteiger partial charge on any atom is 0.264 e. The minimum absolute atomic E-state index is 0.257. The highest BCUT2D eigenvalue weighted by atomic mass is 16.1. The molecule has 1 aliphatic rings. The van der Waals surface area contributed by atoms with Crippen LogP contribution in [0.3, 0.4) is 0 Å². The Morgan fingerprint density at radius 3 is 2.57 bits per heavy atom. The molecular weight excluding hydrogens is 288 g/mol. The highest BCUT2D eigenvalue weighted by Crippen LogP contribution is 2.33. The molecule has 0 unspecified atom stereocenters. The van der Waals surface area contributed by atoms with Gasteiger partial charge in [0.2, 0.25) is 0 Å². The van der Waals surface area contributed by atoms with Gasteiger partial charge < -0.3 is 0 Å². The molecule has 0 saturated heterocycles. The number of H-pyrrole nitrogens is 1. The van der Waals surface area contributed by atoms with Gasteiger partial charge in [-0.25, -0.2) is 10.9 Å². The third-order valence-corrected chi connectivity index (χ3v) is 3.51. The number of nitrogens with zero attached hydrogens (tertiary/aromatic N) is 2. The highest BCUT2D eigenvalue weighted by molar-refractivity contribution is 6.04. The molecule has 0 radical (unpaired) electrons. The van der Waals surface area contributed by atoms with Gasteiger partial charge in [0.05, 0.1) is 11.4 Å². The molecule has 2 heterocycles. The third-order valence-electron chi connectivity index (χ3n) is 3.51. The van der Waals surface area contributed by atoms with Gasteiger partial charge in [-0.1, -0.05) is 43.0 Å². The van der Waals surface area contributed by atoms with Gasteiger partial charge in [0, 0.05) is 17.8 Å². The molecule has 5 nitrogen and oxygen atoms in total. The second kappa shape index (κ2) is 6.29. The largest absolute Gasteiger partial charge is 0.286 e. The van der Waals surface area contributed by atoms with E-state index in [9.17, 15) is 4.79 Å². The van der Waals surface area contributed by atoms with Crippen LogP contribution in [0.1, 0.15) is 11.3 Å². The van der Waals surface area contributed by atoms with Crippen LogP contribution in [-0.4, -0.2) is 15.2 Å². The number of allylic oxidation sites excluding steroid dienone is 5. The summed E-state index contributed by atoms with van der Waals surface area (Å²) in [6.07, 6.45) is 7.37. The molecule has 2 aromatic rings. The number of hydrazine groups is 1. The number of aromatic nitrogens is 2. The van der Waals surface area contributed by atoms with E-state index in [0.717, 1.165) is 22.4 Å². The Balaban J connectivity index is 2.19. The maximum atomic E-state index is 11.3. The molecule has 3 N–H and O–H groups in total. The first-order valence-corrected chi connectivity index (χ1v) is 7.10. The van der Waals surface area contributed by atoms with Crippen molar-refractivity contribution in [2.45, 2.75) is 0 Å². The van der Waals surface area contributed by atoms with Gasteiger partial charge in [-0.3, -0.25) is 9.80 Å². The Morgan fingerprint density at radius 1 is 1.13 bits per heavy atom. The Morgan fingerprint density at radius 2 is 1.91 bits per heavy atom. The average Bonchev–Trinajstić information content (AvgIpc) is 2.59. The lowest BCUT2D eigenvalue weighted by molar-refractivity contribution is 0.507. The van der Waals surface area contributed by atoms with E-state index in [2.05, 4.69) is 16.8 Å². The van der Waals surface area contributed by atoms with Crippen molar-refractivity contribution in [2.75, 3.05) is 0 Å². The summed E-state index contributed by atoms with van der Waals surface area (Å²) in [5, 5.41) is 8.11. The van der Waals surface area contributed by atoms with Gasteiger partial charge in [0.25, 0.3) is 5.56 Å². The van der Waals surface area contributed by atoms with Crippen LogP contribution in [-0.2, 0) is 0 Å². The van der Waals surface area contributed by atoms with Crippen LogP contribution in [0.4, 0.5) is 0 Å². The summed E-state index contributed by atoms with van der Waals surface area (Å²) in [5.74, 6) is 6.06. The molecule has 1 aromatic heterocycles. The van der Waals surface area contributed by atoms with Gasteiger partial charge in [-0.2, -0.15) is 5.10 Å². The predicted octanol–water partition coefficient (Wildman–Crippen LogP) is 2.45. The van der Waals surface area contributed by atoms with Crippen LogP contribution in [0, 0.1) is 0 Å². The first kappa shape index (κ1) is 14.7. The standard InChI is InChI=1S/C18H16N4O/c1-13(14-7-3-2-4-8-14)18(15-10-11-17(23)21-20-15)16-9-5-6-12-22(16)19/h2-12H,1,19H2,(H,21,23)/b18-16+. The summed E-state index contributed by atoms with van der Waals surface area (Å²) in [4.78, 5) is 11.3. The third kappa shape index (κ3) is 3.04. The van der Waals surface area contributed by atoms with Gasteiger partial charge in [-0.05, 0) is 29.4 Å². The van der Waals surface area contributed by atoms with E-state index in [4.69, 9.17) is 5.84 Å². The lowest BCUT2D eigenvalue weighted by Gasteiger charge is -2.23. The zero-order valence-electron chi connectivity index (χ0n) is 12.4. The van der Waals surface area contributed by atoms with Crippen molar-refractivity contribution in [1.82, 2.24) is 15.2 Å². The van der Waals surface area contributed by atoms with Crippen molar-refractivity contribution >= 4 is 11.1 Å². The number of aromatic amines is 1. The summed E-state index contributed by atoms with van der Waals surface area (Å²) in [7, 11) is 0. The molecule has 0 saturated carbocycles. The van der Waals surface area contributed by atoms with Crippen LogP contribution in [0.5, 0.6) is 0 Å². The van der Waals surface area contributed by atoms with E-state index in [0.29, 0.717) is 5.69 Å². The molecule has 114 valence electrons. The fraction of sp³-hybridized carbons (Fsp3) is 0. The Hall–Kier alpha value is -3.18. The molecule has 0 atom stereocenters. The van der Waals surface area contributed by atoms with E-state index in [1.165, 1.54) is 11.1 Å². The molecule has 0 fully saturated rings.